The van der Waals surface area contributed by atoms with Gasteiger partial charge in [0.1, 0.15) is 0 Å². The Kier molecular flexibility index (Phi) is 4.14. The fraction of sp³-hybridized carbons (Fsp3) is 0.500. The summed E-state index contributed by atoms with van der Waals surface area (Å²) in [6, 6.07) is 0. The molecule has 1 N–H and O–H groups in total. The number of cyclic esters (lactones) is 4. The summed E-state index contributed by atoms with van der Waals surface area (Å²) >= 11 is 0. The van der Waals surface area contributed by atoms with Crippen molar-refractivity contribution in [2.45, 2.75) is 24.5 Å². The fourth-order valence-electron chi connectivity index (χ4n) is 1.11. The minimum atomic E-state index is -4.96. The molecule has 0 aliphatic carbocycles. The molecule has 1 saturated heterocycles. The van der Waals surface area contributed by atoms with Crippen molar-refractivity contribution in [2.24, 2.45) is 0 Å². The fourth-order valence-corrected chi connectivity index (χ4v) is 1.75. The Morgan fingerprint density at radius 2 is 1.44 bits per heavy atom. The van der Waals surface area contributed by atoms with Crippen LogP contribution >= 0.6 is 0 Å². The van der Waals surface area contributed by atoms with Crippen LogP contribution in [0.4, 0.5) is 0 Å². The van der Waals surface area contributed by atoms with Crippen LogP contribution in [0.15, 0.2) is 0 Å². The maximum Gasteiger partial charge on any atom is 0.335 e. The number of carbonyl (C=O) groups is 4. The van der Waals surface area contributed by atoms with E-state index in [1.165, 1.54) is 0 Å². The zero-order valence-electron chi connectivity index (χ0n) is 8.82. The topological polar surface area (TPSA) is 141 Å². The lowest BCUT2D eigenvalue weighted by atomic mass is 10.2. The van der Waals surface area contributed by atoms with Gasteiger partial charge in [-0.15, -0.1) is 0 Å². The predicted octanol–water partition coefficient (Wildman–Crippen LogP) is -1.43. The normalized spacial score (nSPS) is 23.3. The second-order valence-electron chi connectivity index (χ2n) is 3.35. The number of carbonyl (C=O) groups excluding carboxylic acids is 4. The van der Waals surface area contributed by atoms with E-state index in [0.717, 1.165) is 0 Å². The van der Waals surface area contributed by atoms with Crippen LogP contribution in [0.3, 0.4) is 0 Å². The van der Waals surface area contributed by atoms with Gasteiger partial charge in [-0.1, -0.05) is 0 Å². The minimum Gasteiger partial charge on any atom is -0.393 e. The molecule has 1 fully saturated rings. The summed E-state index contributed by atoms with van der Waals surface area (Å²) in [5.74, 6) is -5.11. The lowest BCUT2D eigenvalue weighted by molar-refractivity contribution is -0.168. The molecular formula is C8H8O9S. The molecule has 0 saturated carbocycles. The van der Waals surface area contributed by atoms with Crippen molar-refractivity contribution in [3.8, 4) is 0 Å². The molecule has 1 heterocycles. The minimum absolute atomic E-state index is 0.478. The average molecular weight is 280 g/mol. The molecule has 0 amide bonds. The first kappa shape index (κ1) is 14.3. The van der Waals surface area contributed by atoms with Crippen LogP contribution in [0.5, 0.6) is 0 Å². The van der Waals surface area contributed by atoms with E-state index in [0.29, 0.717) is 0 Å². The van der Waals surface area contributed by atoms with Crippen molar-refractivity contribution in [2.75, 3.05) is 0 Å². The van der Waals surface area contributed by atoms with E-state index in [9.17, 15) is 27.6 Å². The van der Waals surface area contributed by atoms with Crippen molar-refractivity contribution >= 4 is 34.0 Å². The van der Waals surface area contributed by atoms with Gasteiger partial charge in [0.25, 0.3) is 10.1 Å². The zero-order chi connectivity index (χ0) is 13.9. The Hall–Kier alpha value is -1.81. The molecule has 0 bridgehead atoms. The summed E-state index contributed by atoms with van der Waals surface area (Å²) in [6.07, 6.45) is -2.14. The van der Waals surface area contributed by atoms with Crippen molar-refractivity contribution in [3.05, 3.63) is 0 Å². The molecule has 18 heavy (non-hydrogen) atoms. The Morgan fingerprint density at radius 1 is 0.944 bits per heavy atom. The van der Waals surface area contributed by atoms with E-state index in [4.69, 9.17) is 4.55 Å². The Bertz CT molecular complexity index is 503. The van der Waals surface area contributed by atoms with E-state index in [1.54, 1.807) is 0 Å². The maximum absolute atomic E-state index is 11.2. The number of hydrogen-bond donors (Lipinski definition) is 1. The highest BCUT2D eigenvalue weighted by Gasteiger charge is 2.38. The highest BCUT2D eigenvalue weighted by molar-refractivity contribution is 7.87. The average Bonchev–Trinajstić information content (AvgIpc) is 2.20. The van der Waals surface area contributed by atoms with Gasteiger partial charge in [0, 0.05) is 0 Å². The monoisotopic (exact) mass is 280 g/mol. The SMILES string of the molecule is O=C1CCC(=O)OC(=O)C(S(=O)(=O)O)CC(=O)O1. The van der Waals surface area contributed by atoms with Gasteiger partial charge >= 0.3 is 23.9 Å². The summed E-state index contributed by atoms with van der Waals surface area (Å²) in [6.45, 7) is 0. The molecule has 0 aromatic heterocycles. The van der Waals surface area contributed by atoms with Crippen molar-refractivity contribution in [1.82, 2.24) is 0 Å². The molecule has 1 unspecified atom stereocenters. The molecule has 1 rings (SSSR count). The van der Waals surface area contributed by atoms with Crippen LogP contribution in [0.25, 0.3) is 0 Å². The van der Waals surface area contributed by atoms with E-state index in [-0.39, 0.29) is 0 Å². The Morgan fingerprint density at radius 3 is 1.94 bits per heavy atom. The first-order valence-electron chi connectivity index (χ1n) is 4.64. The van der Waals surface area contributed by atoms with Crippen LogP contribution in [0.1, 0.15) is 19.3 Å². The van der Waals surface area contributed by atoms with Gasteiger partial charge in [0.05, 0.1) is 19.3 Å². The molecule has 1 aliphatic rings. The third-order valence-corrected chi connectivity index (χ3v) is 3.03. The first-order valence-corrected chi connectivity index (χ1v) is 6.15. The molecule has 0 radical (unpaired) electrons. The summed E-state index contributed by atoms with van der Waals surface area (Å²) in [4.78, 5) is 44.3. The van der Waals surface area contributed by atoms with Crippen LogP contribution in [-0.4, -0.2) is 42.1 Å². The van der Waals surface area contributed by atoms with Crippen LogP contribution in [-0.2, 0) is 38.8 Å². The molecule has 9 nitrogen and oxygen atoms in total. The predicted molar refractivity (Wildman–Crippen MR) is 51.4 cm³/mol. The van der Waals surface area contributed by atoms with Gasteiger partial charge in [0.2, 0.25) is 0 Å². The van der Waals surface area contributed by atoms with E-state index in [1.807, 2.05) is 0 Å². The molecule has 10 heteroatoms. The van der Waals surface area contributed by atoms with Crippen molar-refractivity contribution in [1.29, 1.82) is 0 Å². The maximum atomic E-state index is 11.2. The summed E-state index contributed by atoms with van der Waals surface area (Å²) < 4.78 is 38.6. The van der Waals surface area contributed by atoms with E-state index < -0.39 is 58.5 Å². The molecule has 1 aliphatic heterocycles. The van der Waals surface area contributed by atoms with Gasteiger partial charge < -0.3 is 9.47 Å². The number of esters is 4. The smallest absolute Gasteiger partial charge is 0.335 e. The second-order valence-corrected chi connectivity index (χ2v) is 4.95. The third-order valence-electron chi connectivity index (χ3n) is 1.95. The highest BCUT2D eigenvalue weighted by atomic mass is 32.2. The third kappa shape index (κ3) is 3.89. The standard InChI is InChI=1S/C8H8O9S/c9-5-1-2-6(10)17-8(12)4(18(13,14)15)3-7(11)16-5/h4H,1-3H2,(H,13,14,15). The molecule has 100 valence electrons. The quantitative estimate of drug-likeness (QED) is 0.347. The van der Waals surface area contributed by atoms with E-state index in [2.05, 4.69) is 9.47 Å². The van der Waals surface area contributed by atoms with Gasteiger partial charge in [-0.05, 0) is 0 Å². The van der Waals surface area contributed by atoms with Gasteiger partial charge in [-0.2, -0.15) is 8.42 Å². The van der Waals surface area contributed by atoms with Gasteiger partial charge in [-0.3, -0.25) is 23.7 Å². The second kappa shape index (κ2) is 5.23. The number of hydrogen-bond acceptors (Lipinski definition) is 8. The van der Waals surface area contributed by atoms with Crippen LogP contribution < -0.4 is 0 Å². The molecule has 1 atom stereocenters. The number of ether oxygens (including phenoxy) is 2. The zero-order valence-corrected chi connectivity index (χ0v) is 9.64. The van der Waals surface area contributed by atoms with Crippen molar-refractivity contribution in [3.63, 3.8) is 0 Å². The number of rotatable bonds is 1. The Balaban J connectivity index is 3.01. The van der Waals surface area contributed by atoms with Crippen LogP contribution in [0, 0.1) is 0 Å². The first-order chi connectivity index (χ1) is 8.20. The highest BCUT2D eigenvalue weighted by Crippen LogP contribution is 2.12. The van der Waals surface area contributed by atoms with Crippen LogP contribution in [0.2, 0.25) is 0 Å². The molecule has 0 aromatic carbocycles. The van der Waals surface area contributed by atoms with Gasteiger partial charge in [0.15, 0.2) is 5.25 Å². The molecule has 0 spiro atoms. The van der Waals surface area contributed by atoms with Crippen molar-refractivity contribution < 1.29 is 41.6 Å². The Labute approximate surface area is 101 Å². The van der Waals surface area contributed by atoms with Gasteiger partial charge in [-0.25, -0.2) is 0 Å². The molecule has 0 aromatic rings. The lowest BCUT2D eigenvalue weighted by Crippen LogP contribution is -2.37. The largest absolute Gasteiger partial charge is 0.393 e. The summed E-state index contributed by atoms with van der Waals surface area (Å²) in [5.41, 5.74) is 0. The summed E-state index contributed by atoms with van der Waals surface area (Å²) in [5, 5.41) is -2.29. The van der Waals surface area contributed by atoms with E-state index >= 15 is 0 Å². The molecular weight excluding hydrogens is 272 g/mol. The lowest BCUT2D eigenvalue weighted by Gasteiger charge is -2.13. The summed E-state index contributed by atoms with van der Waals surface area (Å²) in [7, 11) is -4.96.